The minimum Gasteiger partial charge on any atom is -0.381 e. The largest absolute Gasteiger partial charge is 0.381 e. The highest BCUT2D eigenvalue weighted by Crippen LogP contribution is 2.15. The van der Waals surface area contributed by atoms with Crippen LogP contribution in [-0.2, 0) is 16.0 Å². The van der Waals surface area contributed by atoms with Gasteiger partial charge in [0.25, 0.3) is 5.91 Å². The number of rotatable bonds is 7. The molecule has 1 aliphatic rings. The molecule has 0 radical (unpaired) electrons. The Morgan fingerprint density at radius 2 is 2.20 bits per heavy atom. The Kier molecular flexibility index (Phi) is 5.88. The molecule has 3 rings (SSSR count). The van der Waals surface area contributed by atoms with Gasteiger partial charge < -0.3 is 19.8 Å². The zero-order valence-electron chi connectivity index (χ0n) is 14.5. The number of fused-ring (bicyclic) bond motifs is 1. The van der Waals surface area contributed by atoms with Crippen molar-refractivity contribution >= 4 is 16.9 Å². The lowest BCUT2D eigenvalue weighted by molar-refractivity contribution is 0.0642. The zero-order chi connectivity index (χ0) is 17.6. The molecule has 0 saturated carbocycles. The normalized spacial score (nSPS) is 15.6. The molecule has 1 amide bonds. The van der Waals surface area contributed by atoms with Crippen LogP contribution in [0.25, 0.3) is 11.0 Å². The van der Waals surface area contributed by atoms with Crippen LogP contribution in [0.3, 0.4) is 0 Å². The van der Waals surface area contributed by atoms with Crippen molar-refractivity contribution in [2.45, 2.75) is 26.3 Å². The second-order valence-corrected chi connectivity index (χ2v) is 6.28. The van der Waals surface area contributed by atoms with Crippen LogP contribution in [0, 0.1) is 5.92 Å². The highest BCUT2D eigenvalue weighted by atomic mass is 16.5. The molecule has 0 unspecified atom stereocenters. The maximum Gasteiger partial charge on any atom is 0.326 e. The first kappa shape index (κ1) is 17.7. The van der Waals surface area contributed by atoms with Crippen LogP contribution in [0.5, 0.6) is 0 Å². The van der Waals surface area contributed by atoms with Gasteiger partial charge in [0.1, 0.15) is 0 Å². The first-order valence-electron chi connectivity index (χ1n) is 8.85. The van der Waals surface area contributed by atoms with Crippen molar-refractivity contribution in [2.75, 3.05) is 33.0 Å². The minimum absolute atomic E-state index is 0.115. The second-order valence-electron chi connectivity index (χ2n) is 6.28. The minimum atomic E-state index is -0.186. The number of hydrogen-bond acceptors (Lipinski definition) is 4. The van der Waals surface area contributed by atoms with Gasteiger partial charge in [-0.15, -0.1) is 0 Å². The molecule has 0 atom stereocenters. The lowest BCUT2D eigenvalue weighted by atomic mass is 10.0. The lowest BCUT2D eigenvalue weighted by Crippen LogP contribution is -2.32. The molecule has 0 bridgehead atoms. The standard InChI is InChI=1S/C18H25N3O4/c1-2-24-10-7-21-16-4-3-14(11-15(16)20-18(21)23)17(22)19-12-13-5-8-25-9-6-13/h3-4,11,13H,2,5-10,12H2,1H3,(H,19,22)(H,20,23). The maximum absolute atomic E-state index is 12.4. The summed E-state index contributed by atoms with van der Waals surface area (Å²) in [5, 5.41) is 2.98. The Labute approximate surface area is 146 Å². The van der Waals surface area contributed by atoms with Gasteiger partial charge in [-0.3, -0.25) is 9.36 Å². The molecule has 1 aromatic carbocycles. The molecule has 7 nitrogen and oxygen atoms in total. The zero-order valence-corrected chi connectivity index (χ0v) is 14.5. The molecule has 2 N–H and O–H groups in total. The number of carbonyl (C=O) groups excluding carboxylic acids is 1. The first-order chi connectivity index (χ1) is 12.2. The first-order valence-corrected chi connectivity index (χ1v) is 8.85. The Bertz CT molecular complexity index is 774. The topological polar surface area (TPSA) is 85.4 Å². The smallest absolute Gasteiger partial charge is 0.326 e. The summed E-state index contributed by atoms with van der Waals surface area (Å²) in [4.78, 5) is 27.3. The van der Waals surface area contributed by atoms with E-state index < -0.39 is 0 Å². The van der Waals surface area contributed by atoms with Gasteiger partial charge in [-0.2, -0.15) is 0 Å². The van der Waals surface area contributed by atoms with E-state index in [1.54, 1.807) is 16.7 Å². The molecule has 0 spiro atoms. The van der Waals surface area contributed by atoms with E-state index in [4.69, 9.17) is 9.47 Å². The number of carbonyl (C=O) groups is 1. The Balaban J connectivity index is 1.68. The summed E-state index contributed by atoms with van der Waals surface area (Å²) in [6.07, 6.45) is 1.96. The summed E-state index contributed by atoms with van der Waals surface area (Å²) in [7, 11) is 0. The van der Waals surface area contributed by atoms with Gasteiger partial charge in [0.2, 0.25) is 0 Å². The molecule has 0 aliphatic carbocycles. The third kappa shape index (κ3) is 4.29. The summed E-state index contributed by atoms with van der Waals surface area (Å²) in [5.74, 6) is 0.359. The number of aromatic nitrogens is 2. The molecule has 1 aromatic heterocycles. The summed E-state index contributed by atoms with van der Waals surface area (Å²) in [6.45, 7) is 5.70. The summed E-state index contributed by atoms with van der Waals surface area (Å²) >= 11 is 0. The Morgan fingerprint density at radius 1 is 1.40 bits per heavy atom. The predicted octanol–water partition coefficient (Wildman–Crippen LogP) is 1.52. The second kappa shape index (κ2) is 8.31. The number of nitrogens with one attached hydrogen (secondary N) is 2. The van der Waals surface area contributed by atoms with E-state index in [9.17, 15) is 9.59 Å². The van der Waals surface area contributed by atoms with Crippen LogP contribution in [-0.4, -0.2) is 48.4 Å². The van der Waals surface area contributed by atoms with Crippen LogP contribution in [0.4, 0.5) is 0 Å². The fraction of sp³-hybridized carbons (Fsp3) is 0.556. The van der Waals surface area contributed by atoms with Crippen molar-refractivity contribution in [3.8, 4) is 0 Å². The number of ether oxygens (including phenoxy) is 2. The predicted molar refractivity (Wildman–Crippen MR) is 94.9 cm³/mol. The van der Waals surface area contributed by atoms with Crippen molar-refractivity contribution < 1.29 is 14.3 Å². The van der Waals surface area contributed by atoms with Crippen molar-refractivity contribution in [2.24, 2.45) is 5.92 Å². The number of amides is 1. The summed E-state index contributed by atoms with van der Waals surface area (Å²) in [6, 6.07) is 5.29. The highest BCUT2D eigenvalue weighted by Gasteiger charge is 2.16. The molecule has 136 valence electrons. The number of hydrogen-bond donors (Lipinski definition) is 2. The molecule has 1 saturated heterocycles. The Morgan fingerprint density at radius 3 is 2.96 bits per heavy atom. The van der Waals surface area contributed by atoms with Gasteiger partial charge >= 0.3 is 5.69 Å². The van der Waals surface area contributed by atoms with E-state index in [1.807, 2.05) is 13.0 Å². The van der Waals surface area contributed by atoms with Gasteiger partial charge in [0.05, 0.1) is 24.2 Å². The van der Waals surface area contributed by atoms with E-state index >= 15 is 0 Å². The molecular weight excluding hydrogens is 322 g/mol. The Hall–Kier alpha value is -2.12. The monoisotopic (exact) mass is 347 g/mol. The number of imidazole rings is 1. The fourth-order valence-electron chi connectivity index (χ4n) is 3.12. The number of aromatic amines is 1. The van der Waals surface area contributed by atoms with Crippen molar-refractivity contribution in [3.63, 3.8) is 0 Å². The molecule has 25 heavy (non-hydrogen) atoms. The van der Waals surface area contributed by atoms with Gasteiger partial charge in [0.15, 0.2) is 0 Å². The number of benzene rings is 1. The van der Waals surface area contributed by atoms with Crippen LogP contribution in [0.2, 0.25) is 0 Å². The quantitative estimate of drug-likeness (QED) is 0.744. The SMILES string of the molecule is CCOCCn1c(=O)[nH]c2cc(C(=O)NCC3CCOCC3)ccc21. The molecule has 2 heterocycles. The number of nitrogens with zero attached hydrogens (tertiary/aromatic N) is 1. The van der Waals surface area contributed by atoms with Crippen LogP contribution >= 0.6 is 0 Å². The maximum atomic E-state index is 12.4. The van der Waals surface area contributed by atoms with E-state index in [0.29, 0.717) is 43.3 Å². The summed E-state index contributed by atoms with van der Waals surface area (Å²) < 4.78 is 12.3. The van der Waals surface area contributed by atoms with Gasteiger partial charge in [-0.1, -0.05) is 0 Å². The van der Waals surface area contributed by atoms with Gasteiger partial charge in [-0.25, -0.2) is 4.79 Å². The third-order valence-corrected chi connectivity index (χ3v) is 4.59. The van der Waals surface area contributed by atoms with Crippen molar-refractivity contribution in [1.82, 2.24) is 14.9 Å². The van der Waals surface area contributed by atoms with Crippen LogP contribution < -0.4 is 11.0 Å². The average molecular weight is 347 g/mol. The van der Waals surface area contributed by atoms with E-state index in [0.717, 1.165) is 31.6 Å². The highest BCUT2D eigenvalue weighted by molar-refractivity contribution is 5.97. The summed E-state index contributed by atoms with van der Waals surface area (Å²) in [5.41, 5.74) is 1.82. The lowest BCUT2D eigenvalue weighted by Gasteiger charge is -2.22. The number of H-pyrrole nitrogens is 1. The van der Waals surface area contributed by atoms with Crippen molar-refractivity contribution in [1.29, 1.82) is 0 Å². The van der Waals surface area contributed by atoms with Gasteiger partial charge in [-0.05, 0) is 43.9 Å². The third-order valence-electron chi connectivity index (χ3n) is 4.59. The van der Waals surface area contributed by atoms with Gasteiger partial charge in [0, 0.05) is 31.9 Å². The van der Waals surface area contributed by atoms with E-state index in [-0.39, 0.29) is 11.6 Å². The fourth-order valence-corrected chi connectivity index (χ4v) is 3.12. The van der Waals surface area contributed by atoms with Crippen LogP contribution in [0.1, 0.15) is 30.1 Å². The average Bonchev–Trinajstić information content (AvgIpc) is 2.95. The van der Waals surface area contributed by atoms with Crippen LogP contribution in [0.15, 0.2) is 23.0 Å². The molecule has 7 heteroatoms. The molecule has 2 aromatic rings. The molecular formula is C18H25N3O4. The molecule has 1 fully saturated rings. The van der Waals surface area contributed by atoms with E-state index in [1.165, 1.54) is 0 Å². The van der Waals surface area contributed by atoms with E-state index in [2.05, 4.69) is 10.3 Å². The van der Waals surface area contributed by atoms with Crippen molar-refractivity contribution in [3.05, 3.63) is 34.2 Å². The molecule has 1 aliphatic heterocycles.